The third kappa shape index (κ3) is 5.88. The quantitative estimate of drug-likeness (QED) is 0.578. The first-order valence-electron chi connectivity index (χ1n) is 9.88. The smallest absolute Gasteiger partial charge is 0 e. The van der Waals surface area contributed by atoms with Crippen molar-refractivity contribution in [2.24, 2.45) is 35.5 Å². The van der Waals surface area contributed by atoms with Crippen LogP contribution in [0.1, 0.15) is 92.8 Å². The van der Waals surface area contributed by atoms with Crippen molar-refractivity contribution in [3.05, 3.63) is 12.7 Å². The van der Waals surface area contributed by atoms with E-state index in [1.54, 1.807) is 38.5 Å². The molecule has 146 valence electrons. The molecule has 0 aromatic rings. The second-order valence-electron chi connectivity index (χ2n) is 8.61. The van der Waals surface area contributed by atoms with E-state index in [-0.39, 0.29) is 19.8 Å². The summed E-state index contributed by atoms with van der Waals surface area (Å²) in [5.74, 6) is 6.18. The Kier molecular flexibility index (Phi) is 11.1. The van der Waals surface area contributed by atoms with Gasteiger partial charge in [0.25, 0.3) is 0 Å². The van der Waals surface area contributed by atoms with Crippen molar-refractivity contribution in [3.8, 4) is 0 Å². The van der Waals surface area contributed by atoms with Crippen LogP contribution in [0.25, 0.3) is 0 Å². The van der Waals surface area contributed by atoms with Crippen molar-refractivity contribution in [1.82, 2.24) is 0 Å². The second kappa shape index (κ2) is 11.3. The van der Waals surface area contributed by atoms with Gasteiger partial charge in [-0.25, -0.2) is 0 Å². The van der Waals surface area contributed by atoms with E-state index in [4.69, 9.17) is 0 Å². The molecule has 0 heterocycles. The fourth-order valence-corrected chi connectivity index (χ4v) is 5.70. The lowest BCUT2D eigenvalue weighted by molar-refractivity contribution is 0.110. The maximum Gasteiger partial charge on any atom is 0 e. The first kappa shape index (κ1) is 23.7. The van der Waals surface area contributed by atoms with E-state index in [1.807, 2.05) is 0 Å². The predicted molar refractivity (Wildman–Crippen MR) is 108 cm³/mol. The van der Waals surface area contributed by atoms with Crippen LogP contribution in [0, 0.1) is 35.5 Å². The molecular formula is C22H46O2. The molecule has 0 atom stereocenters. The molecule has 0 saturated heterocycles. The van der Waals surface area contributed by atoms with E-state index >= 15 is 0 Å². The number of rotatable bonds is 3. The minimum atomic E-state index is 0. The molecule has 0 aromatic carbocycles. The van der Waals surface area contributed by atoms with Gasteiger partial charge in [0, 0.05) is 1.43 Å². The standard InChI is InChI=1S/C21H36.CH4.2H2O.H2/c1-3-17-6-10-19(11-7-17)21-14-12-20(13-15-21)18-8-4-16(2)5-9-18;;;;/h3,16-21H,1,4-15H2,2H3;1H4;2*1H2;1H. The predicted octanol–water partition coefficient (Wildman–Crippen LogP) is 5.84. The lowest BCUT2D eigenvalue weighted by Gasteiger charge is -2.41. The monoisotopic (exact) mass is 342 g/mol. The zero-order valence-corrected chi connectivity index (χ0v) is 15.2. The summed E-state index contributed by atoms with van der Waals surface area (Å²) in [6.07, 6.45) is 20.4. The molecule has 3 fully saturated rings. The summed E-state index contributed by atoms with van der Waals surface area (Å²) in [5.41, 5.74) is 0. The Morgan fingerprint density at radius 1 is 0.625 bits per heavy atom. The maximum atomic E-state index is 3.99. The zero-order valence-electron chi connectivity index (χ0n) is 15.2. The van der Waals surface area contributed by atoms with E-state index in [2.05, 4.69) is 19.6 Å². The van der Waals surface area contributed by atoms with Crippen LogP contribution in [0.5, 0.6) is 0 Å². The molecule has 2 nitrogen and oxygen atoms in total. The van der Waals surface area contributed by atoms with Gasteiger partial charge in [0.15, 0.2) is 0 Å². The third-order valence-electron chi connectivity index (χ3n) is 7.36. The normalized spacial score (nSPS) is 39.5. The lowest BCUT2D eigenvalue weighted by Crippen LogP contribution is -2.29. The van der Waals surface area contributed by atoms with Crippen molar-refractivity contribution >= 4 is 0 Å². The van der Waals surface area contributed by atoms with Gasteiger partial charge in [-0.05, 0) is 99.7 Å². The van der Waals surface area contributed by atoms with Gasteiger partial charge in [0.05, 0.1) is 0 Å². The average molecular weight is 343 g/mol. The van der Waals surface area contributed by atoms with Crippen molar-refractivity contribution in [2.75, 3.05) is 0 Å². The van der Waals surface area contributed by atoms with Crippen molar-refractivity contribution in [1.29, 1.82) is 0 Å². The Balaban J connectivity index is 0. The Morgan fingerprint density at radius 3 is 1.25 bits per heavy atom. The Labute approximate surface area is 152 Å². The molecule has 0 aromatic heterocycles. The highest BCUT2D eigenvalue weighted by molar-refractivity contribution is 4.88. The lowest BCUT2D eigenvalue weighted by atomic mass is 9.65. The van der Waals surface area contributed by atoms with Crippen molar-refractivity contribution < 1.29 is 12.4 Å². The van der Waals surface area contributed by atoms with Crippen LogP contribution < -0.4 is 0 Å². The Hall–Kier alpha value is -0.340. The number of hydrogen-bond donors (Lipinski definition) is 0. The van der Waals surface area contributed by atoms with Gasteiger partial charge in [0.1, 0.15) is 0 Å². The highest BCUT2D eigenvalue weighted by atomic mass is 16.0. The summed E-state index contributed by atoms with van der Waals surface area (Å²) < 4.78 is 0. The van der Waals surface area contributed by atoms with Gasteiger partial charge >= 0.3 is 0 Å². The molecule has 0 bridgehead atoms. The molecule has 0 unspecified atom stereocenters. The molecule has 3 saturated carbocycles. The summed E-state index contributed by atoms with van der Waals surface area (Å²) in [5, 5.41) is 0. The van der Waals surface area contributed by atoms with E-state index in [1.165, 1.54) is 38.5 Å². The fourth-order valence-electron chi connectivity index (χ4n) is 5.70. The van der Waals surface area contributed by atoms with Crippen LogP contribution in [-0.2, 0) is 0 Å². The largest absolute Gasteiger partial charge is 0.412 e. The molecule has 0 radical (unpaired) electrons. The SMILES string of the molecule is C.C=CC1CCC(C2CCC(C3CCC(C)CC3)CC2)CC1.O.O.[HH]. The summed E-state index contributed by atoms with van der Waals surface area (Å²) >= 11 is 0. The van der Waals surface area contributed by atoms with Gasteiger partial charge in [-0.1, -0.05) is 33.3 Å². The molecule has 4 N–H and O–H groups in total. The Morgan fingerprint density at radius 2 is 0.917 bits per heavy atom. The van der Waals surface area contributed by atoms with Crippen LogP contribution in [0.15, 0.2) is 12.7 Å². The third-order valence-corrected chi connectivity index (χ3v) is 7.36. The minimum absolute atomic E-state index is 0. The molecule has 0 aliphatic heterocycles. The van der Waals surface area contributed by atoms with E-state index in [0.29, 0.717) is 0 Å². The van der Waals surface area contributed by atoms with Gasteiger partial charge in [0.2, 0.25) is 0 Å². The van der Waals surface area contributed by atoms with Gasteiger partial charge in [-0.15, -0.1) is 6.58 Å². The topological polar surface area (TPSA) is 63.0 Å². The molecular weight excluding hydrogens is 296 g/mol. The highest BCUT2D eigenvalue weighted by Gasteiger charge is 2.33. The van der Waals surface area contributed by atoms with Crippen molar-refractivity contribution in [2.45, 2.75) is 91.4 Å². The van der Waals surface area contributed by atoms with E-state index in [0.717, 1.165) is 35.5 Å². The first-order valence-corrected chi connectivity index (χ1v) is 9.88. The minimum Gasteiger partial charge on any atom is -0.412 e. The van der Waals surface area contributed by atoms with Crippen LogP contribution in [0.3, 0.4) is 0 Å². The molecule has 0 amide bonds. The molecule has 0 spiro atoms. The van der Waals surface area contributed by atoms with E-state index < -0.39 is 0 Å². The molecule has 3 aliphatic rings. The molecule has 3 rings (SSSR count). The summed E-state index contributed by atoms with van der Waals surface area (Å²) in [6.45, 7) is 6.44. The number of allylic oxidation sites excluding steroid dienone is 1. The zero-order chi connectivity index (χ0) is 14.7. The van der Waals surface area contributed by atoms with Crippen LogP contribution in [0.4, 0.5) is 0 Å². The summed E-state index contributed by atoms with van der Waals surface area (Å²) in [6, 6.07) is 0. The summed E-state index contributed by atoms with van der Waals surface area (Å²) in [4.78, 5) is 0. The maximum absolute atomic E-state index is 3.99. The van der Waals surface area contributed by atoms with Gasteiger partial charge < -0.3 is 11.0 Å². The summed E-state index contributed by atoms with van der Waals surface area (Å²) in [7, 11) is 0. The molecule has 24 heavy (non-hydrogen) atoms. The Bertz CT molecular complexity index is 323. The second-order valence-corrected chi connectivity index (χ2v) is 8.61. The number of hydrogen-bond acceptors (Lipinski definition) is 0. The first-order chi connectivity index (χ1) is 10.3. The van der Waals surface area contributed by atoms with Crippen LogP contribution in [-0.4, -0.2) is 11.0 Å². The van der Waals surface area contributed by atoms with Crippen LogP contribution in [0.2, 0.25) is 0 Å². The van der Waals surface area contributed by atoms with Gasteiger partial charge in [-0.3, -0.25) is 0 Å². The average Bonchev–Trinajstić information content (AvgIpc) is 2.56. The fraction of sp³-hybridized carbons (Fsp3) is 0.909. The van der Waals surface area contributed by atoms with Gasteiger partial charge in [-0.2, -0.15) is 0 Å². The van der Waals surface area contributed by atoms with Crippen molar-refractivity contribution in [3.63, 3.8) is 0 Å². The van der Waals surface area contributed by atoms with Crippen LogP contribution >= 0.6 is 0 Å². The molecule has 3 aliphatic carbocycles. The van der Waals surface area contributed by atoms with E-state index in [9.17, 15) is 0 Å². The molecule has 2 heteroatoms. The highest BCUT2D eigenvalue weighted by Crippen LogP contribution is 2.45.